The van der Waals surface area contributed by atoms with Gasteiger partial charge in [-0.1, -0.05) is 6.07 Å². The molecule has 2 unspecified atom stereocenters. The minimum atomic E-state index is -0.870. The van der Waals surface area contributed by atoms with Crippen molar-refractivity contribution in [2.24, 2.45) is 0 Å². The molecule has 6 nitrogen and oxygen atoms in total. The Hall–Kier alpha value is -2.84. The highest BCUT2D eigenvalue weighted by atomic mass is 35.5. The maximum absolute atomic E-state index is 13.7. The molecule has 1 aromatic heterocycles. The highest BCUT2D eigenvalue weighted by molar-refractivity contribution is 5.95. The van der Waals surface area contributed by atoms with Crippen LogP contribution in [-0.2, 0) is 0 Å². The summed E-state index contributed by atoms with van der Waals surface area (Å²) >= 11 is 0. The van der Waals surface area contributed by atoms with Gasteiger partial charge in [0, 0.05) is 24.1 Å². The van der Waals surface area contributed by atoms with E-state index in [0.29, 0.717) is 17.7 Å². The second kappa shape index (κ2) is 9.32. The lowest BCUT2D eigenvalue weighted by molar-refractivity contribution is 0.0924. The molecule has 1 aliphatic rings. The summed E-state index contributed by atoms with van der Waals surface area (Å²) in [4.78, 5) is 16.8. The molecule has 2 N–H and O–H groups in total. The molecule has 3 aromatic rings. The number of hydrogen-bond donors (Lipinski definition) is 2. The van der Waals surface area contributed by atoms with E-state index < -0.39 is 11.6 Å². The monoisotopic (exact) mass is 433 g/mol. The van der Waals surface area contributed by atoms with Gasteiger partial charge in [-0.2, -0.15) is 5.10 Å². The van der Waals surface area contributed by atoms with Crippen LogP contribution >= 0.6 is 12.4 Å². The van der Waals surface area contributed by atoms with E-state index >= 15 is 0 Å². The van der Waals surface area contributed by atoms with Crippen molar-refractivity contribution in [3.63, 3.8) is 0 Å². The third-order valence-corrected chi connectivity index (χ3v) is 5.29. The Morgan fingerprint density at radius 3 is 2.73 bits per heavy atom. The van der Waals surface area contributed by atoms with Crippen LogP contribution in [-0.4, -0.2) is 39.8 Å². The highest BCUT2D eigenvalue weighted by Gasteiger charge is 2.28. The predicted octanol–water partition coefficient (Wildman–Crippen LogP) is 3.15. The molecule has 9 heteroatoms. The highest BCUT2D eigenvalue weighted by Crippen LogP contribution is 2.27. The fourth-order valence-corrected chi connectivity index (χ4v) is 3.79. The summed E-state index contributed by atoms with van der Waals surface area (Å²) in [7, 11) is 0. The van der Waals surface area contributed by atoms with Gasteiger partial charge in [-0.3, -0.25) is 4.79 Å². The Bertz CT molecular complexity index is 1030. The van der Waals surface area contributed by atoms with Gasteiger partial charge in [0.05, 0.1) is 5.69 Å². The van der Waals surface area contributed by atoms with Gasteiger partial charge in [0.2, 0.25) is 0 Å². The molecule has 0 aliphatic carbocycles. The first-order chi connectivity index (χ1) is 14.0. The van der Waals surface area contributed by atoms with Crippen LogP contribution in [0.25, 0.3) is 5.69 Å². The lowest BCUT2D eigenvalue weighted by Gasteiger charge is -2.33. The average Bonchev–Trinajstić information content (AvgIpc) is 3.25. The Morgan fingerprint density at radius 1 is 1.20 bits per heavy atom. The summed E-state index contributed by atoms with van der Waals surface area (Å²) in [6.07, 6.45) is 3.77. The molecule has 1 aliphatic heterocycles. The fraction of sp³-hybridized carbons (Fsp3) is 0.286. The number of aryl methyl sites for hydroxylation is 1. The van der Waals surface area contributed by atoms with E-state index in [2.05, 4.69) is 20.7 Å². The van der Waals surface area contributed by atoms with Gasteiger partial charge in [0.25, 0.3) is 5.91 Å². The van der Waals surface area contributed by atoms with E-state index in [1.807, 2.05) is 13.0 Å². The molecule has 158 valence electrons. The van der Waals surface area contributed by atoms with Gasteiger partial charge in [-0.25, -0.2) is 18.4 Å². The SMILES string of the molecule is Cc1cc(C(=O)NC2CNCCC2c2ccc(F)c(F)c2)ccc1-n1cncn1.Cl. The molecular formula is C21H22ClF2N5O. The van der Waals surface area contributed by atoms with Crippen molar-refractivity contribution in [1.29, 1.82) is 0 Å². The number of carbonyl (C=O) groups excluding carboxylic acids is 1. The van der Waals surface area contributed by atoms with Gasteiger partial charge in [-0.15, -0.1) is 12.4 Å². The van der Waals surface area contributed by atoms with Crippen molar-refractivity contribution in [2.45, 2.75) is 25.3 Å². The number of halogens is 3. The number of nitrogens with one attached hydrogen (secondary N) is 2. The molecule has 1 amide bonds. The van der Waals surface area contributed by atoms with Crippen LogP contribution in [0.1, 0.15) is 33.8 Å². The van der Waals surface area contributed by atoms with E-state index in [0.717, 1.165) is 30.3 Å². The number of piperidine rings is 1. The zero-order valence-electron chi connectivity index (χ0n) is 16.3. The second-order valence-electron chi connectivity index (χ2n) is 7.19. The van der Waals surface area contributed by atoms with E-state index in [1.54, 1.807) is 29.2 Å². The van der Waals surface area contributed by atoms with Gasteiger partial charge in [0.1, 0.15) is 12.7 Å². The van der Waals surface area contributed by atoms with Crippen LogP contribution in [0.2, 0.25) is 0 Å². The van der Waals surface area contributed by atoms with Crippen molar-refractivity contribution in [2.75, 3.05) is 13.1 Å². The van der Waals surface area contributed by atoms with Crippen LogP contribution in [0.3, 0.4) is 0 Å². The zero-order valence-corrected chi connectivity index (χ0v) is 17.1. The topological polar surface area (TPSA) is 71.8 Å². The Balaban J connectivity index is 0.00000256. The van der Waals surface area contributed by atoms with Crippen molar-refractivity contribution in [3.05, 3.63) is 77.4 Å². The number of nitrogens with zero attached hydrogens (tertiary/aromatic N) is 3. The predicted molar refractivity (Wildman–Crippen MR) is 111 cm³/mol. The van der Waals surface area contributed by atoms with Crippen LogP contribution in [0, 0.1) is 18.6 Å². The summed E-state index contributed by atoms with van der Waals surface area (Å²) in [5.41, 5.74) is 2.95. The molecule has 4 rings (SSSR count). The van der Waals surface area contributed by atoms with Crippen LogP contribution in [0.15, 0.2) is 49.1 Å². The molecule has 2 heterocycles. The quantitative estimate of drug-likeness (QED) is 0.663. The largest absolute Gasteiger partial charge is 0.347 e. The second-order valence-corrected chi connectivity index (χ2v) is 7.19. The maximum atomic E-state index is 13.7. The number of benzene rings is 2. The Labute approximate surface area is 179 Å². The summed E-state index contributed by atoms with van der Waals surface area (Å²) in [6, 6.07) is 9.09. The van der Waals surface area contributed by atoms with E-state index in [1.165, 1.54) is 12.4 Å². The van der Waals surface area contributed by atoms with Crippen molar-refractivity contribution < 1.29 is 13.6 Å². The maximum Gasteiger partial charge on any atom is 0.251 e. The average molecular weight is 434 g/mol. The van der Waals surface area contributed by atoms with Gasteiger partial charge in [0.15, 0.2) is 11.6 Å². The summed E-state index contributed by atoms with van der Waals surface area (Å²) in [5.74, 6) is -2.04. The lowest BCUT2D eigenvalue weighted by atomic mass is 9.85. The Morgan fingerprint density at radius 2 is 2.03 bits per heavy atom. The first-order valence-electron chi connectivity index (χ1n) is 9.45. The number of carbonyl (C=O) groups is 1. The minimum absolute atomic E-state index is 0. The van der Waals surface area contributed by atoms with Crippen LogP contribution < -0.4 is 10.6 Å². The molecule has 0 saturated carbocycles. The van der Waals surface area contributed by atoms with E-state index in [4.69, 9.17) is 0 Å². The van der Waals surface area contributed by atoms with Gasteiger partial charge < -0.3 is 10.6 Å². The molecular weight excluding hydrogens is 412 g/mol. The number of amides is 1. The normalized spacial score (nSPS) is 18.5. The van der Waals surface area contributed by atoms with Crippen LogP contribution in [0.4, 0.5) is 8.78 Å². The molecule has 1 saturated heterocycles. The van der Waals surface area contributed by atoms with Crippen molar-refractivity contribution >= 4 is 18.3 Å². The third kappa shape index (κ3) is 4.49. The van der Waals surface area contributed by atoms with Gasteiger partial charge in [-0.05, 0) is 61.3 Å². The number of aromatic nitrogens is 3. The number of hydrogen-bond acceptors (Lipinski definition) is 4. The smallest absolute Gasteiger partial charge is 0.251 e. The molecule has 1 fully saturated rings. The summed E-state index contributed by atoms with van der Waals surface area (Å²) in [5, 5.41) is 10.4. The van der Waals surface area contributed by atoms with Gasteiger partial charge >= 0.3 is 0 Å². The van der Waals surface area contributed by atoms with Crippen molar-refractivity contribution in [3.8, 4) is 5.69 Å². The van der Waals surface area contributed by atoms with Crippen LogP contribution in [0.5, 0.6) is 0 Å². The summed E-state index contributed by atoms with van der Waals surface area (Å²) in [6.45, 7) is 3.22. The molecule has 30 heavy (non-hydrogen) atoms. The first-order valence-corrected chi connectivity index (χ1v) is 9.45. The zero-order chi connectivity index (χ0) is 20.4. The van der Waals surface area contributed by atoms with E-state index in [9.17, 15) is 13.6 Å². The van der Waals surface area contributed by atoms with E-state index in [-0.39, 0.29) is 30.3 Å². The standard InChI is InChI=1S/C21H21F2N5O.ClH/c1-13-8-15(3-5-20(13)28-12-25-11-26-28)21(29)27-19-10-24-7-6-16(19)14-2-4-17(22)18(23)9-14;/h2-5,8-9,11-12,16,19,24H,6-7,10H2,1H3,(H,27,29);1H. The Kier molecular flexibility index (Phi) is 6.79. The molecule has 0 radical (unpaired) electrons. The molecule has 2 aromatic carbocycles. The lowest BCUT2D eigenvalue weighted by Crippen LogP contribution is -2.50. The molecule has 0 bridgehead atoms. The number of rotatable bonds is 4. The molecule has 0 spiro atoms. The molecule has 2 atom stereocenters. The van der Waals surface area contributed by atoms with Crippen molar-refractivity contribution in [1.82, 2.24) is 25.4 Å². The fourth-order valence-electron chi connectivity index (χ4n) is 3.79. The minimum Gasteiger partial charge on any atom is -0.347 e. The summed E-state index contributed by atoms with van der Waals surface area (Å²) < 4.78 is 28.6. The third-order valence-electron chi connectivity index (χ3n) is 5.29. The first kappa shape index (κ1) is 21.9.